The molecule has 0 unspecified atom stereocenters. The van der Waals surface area contributed by atoms with Crippen molar-refractivity contribution in [2.24, 2.45) is 0 Å². The van der Waals surface area contributed by atoms with Gasteiger partial charge in [-0.1, -0.05) is 0 Å². The summed E-state index contributed by atoms with van der Waals surface area (Å²) in [4.78, 5) is 14.7. The van der Waals surface area contributed by atoms with Crippen molar-refractivity contribution in [3.63, 3.8) is 0 Å². The van der Waals surface area contributed by atoms with Crippen LogP contribution in [-0.4, -0.2) is 22.7 Å². The van der Waals surface area contributed by atoms with Gasteiger partial charge < -0.3 is 9.84 Å². The number of benzene rings is 1. The van der Waals surface area contributed by atoms with Crippen molar-refractivity contribution in [3.8, 4) is 16.9 Å². The number of nitrogens with zero attached hydrogens (tertiary/aromatic N) is 1. The Balaban J connectivity index is 2.51. The van der Waals surface area contributed by atoms with Crippen LogP contribution in [0.3, 0.4) is 0 Å². The second-order valence-corrected chi connectivity index (χ2v) is 3.63. The lowest BCUT2D eigenvalue weighted by molar-refractivity contribution is -0.0495. The van der Waals surface area contributed by atoms with E-state index in [4.69, 9.17) is 5.11 Å². The topological polar surface area (TPSA) is 59.4 Å². The Bertz CT molecular complexity index is 588. The Morgan fingerprint density at radius 3 is 2.47 bits per heavy atom. The molecular weight excluding hydrogens is 256 g/mol. The summed E-state index contributed by atoms with van der Waals surface area (Å²) in [5, 5.41) is 8.85. The first-order valence-corrected chi connectivity index (χ1v) is 5.30. The molecule has 19 heavy (non-hydrogen) atoms. The summed E-state index contributed by atoms with van der Waals surface area (Å²) in [7, 11) is 0. The number of halogens is 2. The Morgan fingerprint density at radius 1 is 1.21 bits per heavy atom. The van der Waals surface area contributed by atoms with E-state index in [1.807, 2.05) is 0 Å². The van der Waals surface area contributed by atoms with Gasteiger partial charge in [0.05, 0.1) is 5.56 Å². The number of ether oxygens (including phenoxy) is 1. The van der Waals surface area contributed by atoms with Gasteiger partial charge in [-0.05, 0) is 35.9 Å². The van der Waals surface area contributed by atoms with Crippen LogP contribution < -0.4 is 4.74 Å². The van der Waals surface area contributed by atoms with Gasteiger partial charge in [-0.2, -0.15) is 8.78 Å². The molecule has 0 aliphatic carbocycles. The van der Waals surface area contributed by atoms with Gasteiger partial charge in [-0.15, -0.1) is 0 Å². The maximum absolute atomic E-state index is 12.4. The van der Waals surface area contributed by atoms with E-state index in [9.17, 15) is 13.6 Å². The summed E-state index contributed by atoms with van der Waals surface area (Å²) in [5.74, 6) is -1.39. The summed E-state index contributed by atoms with van der Waals surface area (Å²) in [6, 6.07) is 7.07. The lowest BCUT2D eigenvalue weighted by Crippen LogP contribution is -2.05. The number of pyridine rings is 1. The van der Waals surface area contributed by atoms with E-state index in [2.05, 4.69) is 9.72 Å². The molecule has 0 fully saturated rings. The first-order chi connectivity index (χ1) is 9.08. The lowest BCUT2D eigenvalue weighted by Gasteiger charge is -2.11. The highest BCUT2D eigenvalue weighted by Crippen LogP contribution is 2.31. The van der Waals surface area contributed by atoms with Crippen molar-refractivity contribution < 1.29 is 23.4 Å². The predicted octanol–water partition coefficient (Wildman–Crippen LogP) is 3.05. The molecule has 2 aromatic rings. The van der Waals surface area contributed by atoms with Gasteiger partial charge in [0.2, 0.25) is 0 Å². The highest BCUT2D eigenvalue weighted by atomic mass is 19.3. The maximum atomic E-state index is 12.4. The van der Waals surface area contributed by atoms with Crippen molar-refractivity contribution in [3.05, 3.63) is 48.3 Å². The number of carboxylic acid groups (broad SMARTS) is 1. The zero-order valence-electron chi connectivity index (χ0n) is 9.59. The smallest absolute Gasteiger partial charge is 0.387 e. The van der Waals surface area contributed by atoms with Gasteiger partial charge in [0.15, 0.2) is 0 Å². The number of carbonyl (C=O) groups is 1. The lowest BCUT2D eigenvalue weighted by atomic mass is 10.0. The van der Waals surface area contributed by atoms with Crippen LogP contribution in [0.4, 0.5) is 8.78 Å². The molecule has 0 aliphatic heterocycles. The number of aromatic carboxylic acids is 1. The third-order valence-corrected chi connectivity index (χ3v) is 2.44. The molecule has 2 rings (SSSR count). The molecule has 0 radical (unpaired) electrons. The maximum Gasteiger partial charge on any atom is 0.387 e. The number of hydrogen-bond donors (Lipinski definition) is 1. The summed E-state index contributed by atoms with van der Waals surface area (Å²) in [6.45, 7) is -3.02. The molecule has 0 bridgehead atoms. The van der Waals surface area contributed by atoms with Crippen molar-refractivity contribution in [2.75, 3.05) is 0 Å². The van der Waals surface area contributed by atoms with Crippen molar-refractivity contribution in [1.82, 2.24) is 4.98 Å². The predicted molar refractivity (Wildman–Crippen MR) is 63.3 cm³/mol. The number of hydrogen-bond acceptors (Lipinski definition) is 3. The molecule has 0 amide bonds. The highest BCUT2D eigenvalue weighted by molar-refractivity contribution is 5.89. The van der Waals surface area contributed by atoms with E-state index >= 15 is 0 Å². The second kappa shape index (κ2) is 5.43. The minimum atomic E-state index is -3.02. The Kier molecular flexibility index (Phi) is 3.70. The van der Waals surface area contributed by atoms with E-state index in [0.717, 1.165) is 6.07 Å². The van der Waals surface area contributed by atoms with Gasteiger partial charge >= 0.3 is 12.6 Å². The summed E-state index contributed by atoms with van der Waals surface area (Å²) >= 11 is 0. The van der Waals surface area contributed by atoms with Crippen molar-refractivity contribution >= 4 is 5.97 Å². The van der Waals surface area contributed by atoms with Crippen molar-refractivity contribution in [1.29, 1.82) is 0 Å². The molecule has 1 aromatic heterocycles. The standard InChI is InChI=1S/C13H9F2NO3/c14-13(15)19-11-7-9(12(17)18)1-2-10(11)8-3-5-16-6-4-8/h1-7,13H,(H,17,18). The van der Waals surface area contributed by atoms with E-state index < -0.39 is 12.6 Å². The largest absolute Gasteiger partial charge is 0.478 e. The molecule has 4 nitrogen and oxygen atoms in total. The first kappa shape index (κ1) is 12.9. The Hall–Kier alpha value is -2.50. The molecule has 0 aliphatic rings. The minimum absolute atomic E-state index is 0.117. The van der Waals surface area contributed by atoms with E-state index in [1.165, 1.54) is 24.5 Å². The molecule has 1 heterocycles. The molecule has 98 valence electrons. The van der Waals surface area contributed by atoms with Gasteiger partial charge in [0.25, 0.3) is 0 Å². The van der Waals surface area contributed by atoms with Crippen LogP contribution >= 0.6 is 0 Å². The number of alkyl halides is 2. The van der Waals surface area contributed by atoms with Crippen LogP contribution in [0.5, 0.6) is 5.75 Å². The molecule has 1 aromatic carbocycles. The Labute approximate surface area is 107 Å². The highest BCUT2D eigenvalue weighted by Gasteiger charge is 2.14. The number of rotatable bonds is 4. The minimum Gasteiger partial charge on any atom is -0.478 e. The monoisotopic (exact) mass is 265 g/mol. The summed E-state index contributed by atoms with van der Waals surface area (Å²) in [5.41, 5.74) is 0.878. The van der Waals surface area contributed by atoms with Gasteiger partial charge in [-0.25, -0.2) is 4.79 Å². The van der Waals surface area contributed by atoms with E-state index in [0.29, 0.717) is 11.1 Å². The second-order valence-electron chi connectivity index (χ2n) is 3.63. The molecule has 0 saturated heterocycles. The van der Waals surface area contributed by atoms with Gasteiger partial charge in [-0.3, -0.25) is 4.98 Å². The fourth-order valence-corrected chi connectivity index (χ4v) is 1.62. The zero-order chi connectivity index (χ0) is 13.8. The van der Waals surface area contributed by atoms with Crippen LogP contribution in [0, 0.1) is 0 Å². The fraction of sp³-hybridized carbons (Fsp3) is 0.0769. The summed E-state index contributed by atoms with van der Waals surface area (Å²) < 4.78 is 29.1. The fourth-order valence-electron chi connectivity index (χ4n) is 1.62. The third kappa shape index (κ3) is 3.04. The van der Waals surface area contributed by atoms with Crippen LogP contribution in [-0.2, 0) is 0 Å². The average molecular weight is 265 g/mol. The third-order valence-electron chi connectivity index (χ3n) is 2.44. The first-order valence-electron chi connectivity index (χ1n) is 5.30. The molecule has 0 spiro atoms. The van der Waals surface area contributed by atoms with Crippen LogP contribution in [0.1, 0.15) is 10.4 Å². The molecule has 6 heteroatoms. The van der Waals surface area contributed by atoms with Gasteiger partial charge in [0, 0.05) is 18.0 Å². The summed E-state index contributed by atoms with van der Waals surface area (Å²) in [6.07, 6.45) is 3.01. The van der Waals surface area contributed by atoms with Gasteiger partial charge in [0.1, 0.15) is 5.75 Å². The normalized spacial score (nSPS) is 10.5. The molecular formula is C13H9F2NO3. The van der Waals surface area contributed by atoms with Crippen LogP contribution in [0.2, 0.25) is 0 Å². The number of aromatic nitrogens is 1. The quantitative estimate of drug-likeness (QED) is 0.923. The SMILES string of the molecule is O=C(O)c1ccc(-c2ccncc2)c(OC(F)F)c1. The molecule has 0 saturated carbocycles. The van der Waals surface area contributed by atoms with E-state index in [1.54, 1.807) is 12.1 Å². The number of carboxylic acids is 1. The van der Waals surface area contributed by atoms with Crippen LogP contribution in [0.25, 0.3) is 11.1 Å². The average Bonchev–Trinajstić information content (AvgIpc) is 2.39. The Morgan fingerprint density at radius 2 is 1.89 bits per heavy atom. The zero-order valence-corrected chi connectivity index (χ0v) is 9.59. The van der Waals surface area contributed by atoms with Crippen LogP contribution in [0.15, 0.2) is 42.7 Å². The van der Waals surface area contributed by atoms with E-state index in [-0.39, 0.29) is 11.3 Å². The molecule has 0 atom stereocenters. The van der Waals surface area contributed by atoms with Crippen molar-refractivity contribution in [2.45, 2.75) is 6.61 Å². The molecule has 1 N–H and O–H groups in total.